The first kappa shape index (κ1) is 26.3. The molecule has 2 heterocycles. The summed E-state index contributed by atoms with van der Waals surface area (Å²) in [6.07, 6.45) is 8.95. The van der Waals surface area contributed by atoms with Crippen molar-refractivity contribution in [1.29, 1.82) is 0 Å². The fourth-order valence-corrected chi connectivity index (χ4v) is 5.44. The largest absolute Gasteiger partial charge is 0.496 e. The van der Waals surface area contributed by atoms with Gasteiger partial charge in [-0.1, -0.05) is 19.3 Å². The Morgan fingerprint density at radius 3 is 2.58 bits per heavy atom. The second-order valence-electron chi connectivity index (χ2n) is 9.94. The van der Waals surface area contributed by atoms with Gasteiger partial charge in [0.2, 0.25) is 0 Å². The van der Waals surface area contributed by atoms with Gasteiger partial charge in [0.05, 0.1) is 13.4 Å². The minimum absolute atomic E-state index is 0.00427. The van der Waals surface area contributed by atoms with Crippen molar-refractivity contribution in [3.63, 3.8) is 0 Å². The fourth-order valence-electron chi connectivity index (χ4n) is 5.44. The van der Waals surface area contributed by atoms with Crippen molar-refractivity contribution in [2.75, 3.05) is 33.4 Å². The average Bonchev–Trinajstić information content (AvgIpc) is 3.58. The van der Waals surface area contributed by atoms with E-state index >= 15 is 0 Å². The maximum Gasteiger partial charge on any atom is 0.387 e. The number of amides is 1. The zero-order valence-corrected chi connectivity index (χ0v) is 21.6. The van der Waals surface area contributed by atoms with Gasteiger partial charge in [-0.25, -0.2) is 0 Å². The third-order valence-electron chi connectivity index (χ3n) is 7.40. The Morgan fingerprint density at radius 1 is 1.08 bits per heavy atom. The molecule has 3 aromatic rings. The Morgan fingerprint density at radius 2 is 1.84 bits per heavy atom. The molecule has 2 aromatic carbocycles. The first-order valence-corrected chi connectivity index (χ1v) is 13.4. The van der Waals surface area contributed by atoms with Crippen LogP contribution in [0.15, 0.2) is 41.0 Å². The number of halogens is 2. The number of nitrogens with one attached hydrogen (secondary N) is 1. The fraction of sp³-hybridized carbons (Fsp3) is 0.483. The molecule has 1 amide bonds. The van der Waals surface area contributed by atoms with Crippen LogP contribution in [-0.4, -0.2) is 56.8 Å². The van der Waals surface area contributed by atoms with Crippen molar-refractivity contribution < 1.29 is 32.2 Å². The predicted octanol–water partition coefficient (Wildman–Crippen LogP) is 6.25. The van der Waals surface area contributed by atoms with Crippen LogP contribution in [0.25, 0.3) is 22.1 Å². The topological polar surface area (TPSA) is 73.2 Å². The summed E-state index contributed by atoms with van der Waals surface area (Å²) in [4.78, 5) is 15.5. The number of alkyl halides is 2. The highest BCUT2D eigenvalue weighted by Crippen LogP contribution is 2.40. The second-order valence-corrected chi connectivity index (χ2v) is 9.94. The zero-order chi connectivity index (χ0) is 26.5. The van der Waals surface area contributed by atoms with Crippen LogP contribution in [0.2, 0.25) is 0 Å². The number of hydrogen-bond donors (Lipinski definition) is 1. The van der Waals surface area contributed by atoms with Crippen molar-refractivity contribution in [2.45, 2.75) is 57.6 Å². The molecule has 9 heteroatoms. The maximum absolute atomic E-state index is 13.4. The minimum atomic E-state index is -3.10. The highest BCUT2D eigenvalue weighted by Gasteiger charge is 2.26. The number of hydrogen-bond acceptors (Lipinski definition) is 6. The lowest BCUT2D eigenvalue weighted by atomic mass is 9.95. The summed E-state index contributed by atoms with van der Waals surface area (Å²) >= 11 is 0. The molecule has 204 valence electrons. The van der Waals surface area contributed by atoms with E-state index in [1.54, 1.807) is 12.3 Å². The summed E-state index contributed by atoms with van der Waals surface area (Å²) in [6, 6.07) is 8.66. The minimum Gasteiger partial charge on any atom is -0.496 e. The van der Waals surface area contributed by atoms with Crippen LogP contribution in [0.1, 0.15) is 55.3 Å². The van der Waals surface area contributed by atoms with E-state index in [2.05, 4.69) is 10.2 Å². The molecule has 2 fully saturated rings. The second kappa shape index (κ2) is 12.0. The first-order chi connectivity index (χ1) is 18.5. The number of methoxy groups -OCH3 is 1. The third kappa shape index (κ3) is 6.04. The van der Waals surface area contributed by atoms with Gasteiger partial charge in [-0.2, -0.15) is 8.78 Å². The quantitative estimate of drug-likeness (QED) is 0.336. The summed E-state index contributed by atoms with van der Waals surface area (Å²) in [5.41, 5.74) is 1.77. The van der Waals surface area contributed by atoms with Crippen molar-refractivity contribution in [1.82, 2.24) is 10.2 Å². The number of carbonyl (C=O) groups excluding carboxylic acids is 1. The van der Waals surface area contributed by atoms with Gasteiger partial charge in [0, 0.05) is 29.6 Å². The van der Waals surface area contributed by atoms with Crippen LogP contribution >= 0.6 is 0 Å². The Hall–Kier alpha value is -3.33. The van der Waals surface area contributed by atoms with Gasteiger partial charge < -0.3 is 23.9 Å². The molecule has 0 unspecified atom stereocenters. The van der Waals surface area contributed by atoms with Crippen molar-refractivity contribution >= 4 is 16.9 Å². The maximum atomic E-state index is 13.4. The van der Waals surface area contributed by atoms with Gasteiger partial charge in [-0.05, 0) is 68.6 Å². The predicted molar refractivity (Wildman–Crippen MR) is 140 cm³/mol. The SMILES string of the molecule is COc1cc(-c2coc3cc(OCCN4CCCC4)ccc23)cc(OC(F)F)c1C(=O)NC1CCCCC1. The molecular formula is C29H34F2N2O5. The van der Waals surface area contributed by atoms with Gasteiger partial charge in [-0.3, -0.25) is 9.69 Å². The molecule has 1 N–H and O–H groups in total. The molecule has 1 aromatic heterocycles. The van der Waals surface area contributed by atoms with Gasteiger partial charge in [0.1, 0.15) is 35.0 Å². The van der Waals surface area contributed by atoms with E-state index in [-0.39, 0.29) is 23.1 Å². The van der Waals surface area contributed by atoms with Gasteiger partial charge in [-0.15, -0.1) is 0 Å². The summed E-state index contributed by atoms with van der Waals surface area (Å²) in [5, 5.41) is 3.75. The van der Waals surface area contributed by atoms with E-state index < -0.39 is 12.5 Å². The smallest absolute Gasteiger partial charge is 0.387 e. The molecule has 38 heavy (non-hydrogen) atoms. The standard InChI is InChI=1S/C29H34F2N2O5/c1-35-25-15-19(16-26(38-29(30)31)27(25)28(34)32-20-7-3-2-4-8-20)23-18-37-24-17-21(9-10-22(23)24)36-14-13-33-11-5-6-12-33/h9-10,15-18,20,29H,2-8,11-14H2,1H3,(H,32,34). The van der Waals surface area contributed by atoms with Gasteiger partial charge in [0.15, 0.2) is 0 Å². The summed E-state index contributed by atoms with van der Waals surface area (Å²) < 4.78 is 48.8. The van der Waals surface area contributed by atoms with E-state index in [1.807, 2.05) is 18.2 Å². The van der Waals surface area contributed by atoms with E-state index in [1.165, 1.54) is 26.0 Å². The van der Waals surface area contributed by atoms with E-state index in [0.29, 0.717) is 29.1 Å². The summed E-state index contributed by atoms with van der Waals surface area (Å²) in [7, 11) is 1.40. The highest BCUT2D eigenvalue weighted by molar-refractivity contribution is 6.02. The lowest BCUT2D eigenvalue weighted by Gasteiger charge is -2.24. The molecule has 1 saturated carbocycles. The zero-order valence-electron chi connectivity index (χ0n) is 21.6. The summed E-state index contributed by atoms with van der Waals surface area (Å²) in [5.74, 6) is 0.136. The molecule has 2 aliphatic rings. The molecule has 1 aliphatic carbocycles. The van der Waals surface area contributed by atoms with Gasteiger partial charge in [0.25, 0.3) is 5.91 Å². The van der Waals surface area contributed by atoms with Crippen LogP contribution in [-0.2, 0) is 0 Å². The number of fused-ring (bicyclic) bond motifs is 1. The Labute approximate surface area is 221 Å². The normalized spacial score (nSPS) is 16.7. The van der Waals surface area contributed by atoms with Crippen molar-refractivity contribution in [3.8, 4) is 28.4 Å². The number of ether oxygens (including phenoxy) is 3. The number of carbonyl (C=O) groups is 1. The van der Waals surface area contributed by atoms with Crippen LogP contribution in [0.3, 0.4) is 0 Å². The number of likely N-dealkylation sites (tertiary alicyclic amines) is 1. The molecule has 0 spiro atoms. The lowest BCUT2D eigenvalue weighted by Crippen LogP contribution is -2.36. The third-order valence-corrected chi connectivity index (χ3v) is 7.40. The number of furan rings is 1. The average molecular weight is 529 g/mol. The molecule has 0 radical (unpaired) electrons. The van der Waals surface area contributed by atoms with Gasteiger partial charge >= 0.3 is 6.61 Å². The number of rotatable bonds is 10. The molecule has 0 bridgehead atoms. The van der Waals surface area contributed by atoms with Crippen molar-refractivity contribution in [3.05, 3.63) is 42.2 Å². The van der Waals surface area contributed by atoms with E-state index in [0.717, 1.165) is 57.1 Å². The molecule has 1 saturated heterocycles. The molecule has 7 nitrogen and oxygen atoms in total. The summed E-state index contributed by atoms with van der Waals surface area (Å²) in [6.45, 7) is 0.610. The monoisotopic (exact) mass is 528 g/mol. The van der Waals surface area contributed by atoms with Crippen LogP contribution in [0.5, 0.6) is 17.2 Å². The Balaban J connectivity index is 1.40. The van der Waals surface area contributed by atoms with Crippen molar-refractivity contribution in [2.24, 2.45) is 0 Å². The Kier molecular flexibility index (Phi) is 8.32. The van der Waals surface area contributed by atoms with E-state index in [4.69, 9.17) is 18.6 Å². The van der Waals surface area contributed by atoms with Crippen LogP contribution < -0.4 is 19.5 Å². The number of nitrogens with zero attached hydrogens (tertiary/aromatic N) is 1. The number of benzene rings is 2. The molecule has 1 aliphatic heterocycles. The molecule has 0 atom stereocenters. The van der Waals surface area contributed by atoms with Crippen LogP contribution in [0, 0.1) is 0 Å². The van der Waals surface area contributed by atoms with E-state index in [9.17, 15) is 13.6 Å². The first-order valence-electron chi connectivity index (χ1n) is 13.4. The van der Waals surface area contributed by atoms with Crippen LogP contribution in [0.4, 0.5) is 8.78 Å². The Bertz CT molecular complexity index is 1250. The molecule has 5 rings (SSSR count). The lowest BCUT2D eigenvalue weighted by molar-refractivity contribution is -0.0502. The highest BCUT2D eigenvalue weighted by atomic mass is 19.3. The molecular weight excluding hydrogens is 494 g/mol.